The van der Waals surface area contributed by atoms with Gasteiger partial charge in [-0.15, -0.1) is 0 Å². The van der Waals surface area contributed by atoms with Gasteiger partial charge in [0, 0.05) is 4.32 Å². The monoisotopic (exact) mass is 330 g/mol. The van der Waals surface area contributed by atoms with Gasteiger partial charge in [-0.1, -0.05) is 47.8 Å². The summed E-state index contributed by atoms with van der Waals surface area (Å²) in [4.78, 5) is 0. The molecule has 3 aliphatic carbocycles. The van der Waals surface area contributed by atoms with Crippen molar-refractivity contribution in [3.63, 3.8) is 0 Å². The predicted octanol–water partition coefficient (Wildman–Crippen LogP) is 3.81. The van der Waals surface area contributed by atoms with Crippen molar-refractivity contribution in [2.24, 2.45) is 5.41 Å². The topological polar surface area (TPSA) is 0 Å². The summed E-state index contributed by atoms with van der Waals surface area (Å²) >= 11 is 11.0. The van der Waals surface area contributed by atoms with Crippen molar-refractivity contribution >= 4 is 47.8 Å². The quantitative estimate of drug-likeness (QED) is 0.641. The third kappa shape index (κ3) is 0.962. The Morgan fingerprint density at radius 3 is 1.90 bits per heavy atom. The lowest BCUT2D eigenvalue weighted by atomic mass is 9.71. The SMILES string of the molecule is BrC(Br)C12CCC(Br)(C1)C2. The average molecular weight is 333 g/mol. The van der Waals surface area contributed by atoms with Crippen LogP contribution in [0.3, 0.4) is 0 Å². The smallest absolute Gasteiger partial charge is 0.0754 e. The van der Waals surface area contributed by atoms with E-state index in [-0.39, 0.29) is 0 Å². The average Bonchev–Trinajstić information content (AvgIpc) is 2.19. The van der Waals surface area contributed by atoms with E-state index < -0.39 is 0 Å². The van der Waals surface area contributed by atoms with Gasteiger partial charge in [-0.05, 0) is 31.1 Å². The normalized spacial score (nSPS) is 51.6. The molecule has 0 nitrogen and oxygen atoms in total. The highest BCUT2D eigenvalue weighted by Gasteiger charge is 2.61. The third-order valence-corrected chi connectivity index (χ3v) is 5.77. The Labute approximate surface area is 86.5 Å². The molecule has 3 saturated carbocycles. The summed E-state index contributed by atoms with van der Waals surface area (Å²) in [5.41, 5.74) is 0.587. The van der Waals surface area contributed by atoms with E-state index in [1.165, 1.54) is 25.7 Å². The zero-order valence-corrected chi connectivity index (χ0v) is 10.3. The van der Waals surface area contributed by atoms with Gasteiger partial charge in [-0.2, -0.15) is 0 Å². The van der Waals surface area contributed by atoms with E-state index in [1.54, 1.807) is 0 Å². The number of alkyl halides is 3. The molecule has 0 unspecified atom stereocenters. The van der Waals surface area contributed by atoms with Crippen molar-refractivity contribution in [1.82, 2.24) is 0 Å². The van der Waals surface area contributed by atoms with Gasteiger partial charge in [0.25, 0.3) is 0 Å². The van der Waals surface area contributed by atoms with Gasteiger partial charge in [-0.25, -0.2) is 0 Å². The minimum absolute atomic E-state index is 0.528. The van der Waals surface area contributed by atoms with Crippen LogP contribution in [0.2, 0.25) is 0 Å². The van der Waals surface area contributed by atoms with Crippen molar-refractivity contribution in [1.29, 1.82) is 0 Å². The Bertz CT molecular complexity index is 158. The lowest BCUT2D eigenvalue weighted by Gasteiger charge is -2.45. The van der Waals surface area contributed by atoms with Gasteiger partial charge in [0.1, 0.15) is 0 Å². The first-order valence-electron chi connectivity index (χ1n) is 3.54. The van der Waals surface area contributed by atoms with E-state index in [4.69, 9.17) is 0 Å². The fourth-order valence-corrected chi connectivity index (χ4v) is 4.72. The summed E-state index contributed by atoms with van der Waals surface area (Å²) in [6.07, 6.45) is 5.43. The number of hydrogen-bond acceptors (Lipinski definition) is 0. The van der Waals surface area contributed by atoms with Crippen LogP contribution in [-0.2, 0) is 0 Å². The molecule has 0 atom stereocenters. The Balaban J connectivity index is 2.13. The standard InChI is InChI=1S/C7H9Br3/c8-5(9)6-1-2-7(10,3-6)4-6/h5H,1-4H2. The maximum atomic E-state index is 3.77. The molecule has 3 aliphatic rings. The fraction of sp³-hybridized carbons (Fsp3) is 1.00. The minimum Gasteiger partial charge on any atom is -0.0853 e. The molecule has 0 radical (unpaired) electrons. The molecule has 0 N–H and O–H groups in total. The first-order valence-corrected chi connectivity index (χ1v) is 6.16. The van der Waals surface area contributed by atoms with Crippen LogP contribution in [-0.4, -0.2) is 8.06 Å². The zero-order chi connectivity index (χ0) is 7.41. The van der Waals surface area contributed by atoms with Crippen LogP contribution in [0.1, 0.15) is 25.7 Å². The molecule has 10 heavy (non-hydrogen) atoms. The highest BCUT2D eigenvalue weighted by molar-refractivity contribution is 9.24. The number of fused-ring (bicyclic) bond motifs is 1. The van der Waals surface area contributed by atoms with Crippen molar-refractivity contribution in [2.45, 2.75) is 33.7 Å². The summed E-state index contributed by atoms with van der Waals surface area (Å²) < 4.78 is 1.06. The van der Waals surface area contributed by atoms with E-state index >= 15 is 0 Å². The molecule has 0 aromatic rings. The maximum absolute atomic E-state index is 3.77. The fourth-order valence-electron chi connectivity index (χ4n) is 2.30. The number of rotatable bonds is 1. The van der Waals surface area contributed by atoms with Gasteiger partial charge < -0.3 is 0 Å². The number of halogens is 3. The molecule has 0 amide bonds. The molecule has 0 aromatic heterocycles. The maximum Gasteiger partial charge on any atom is 0.0754 e. The first-order chi connectivity index (χ1) is 4.56. The molecule has 2 bridgehead atoms. The van der Waals surface area contributed by atoms with Crippen LogP contribution in [0.15, 0.2) is 0 Å². The lowest BCUT2D eigenvalue weighted by molar-refractivity contribution is 0.200. The molecule has 58 valence electrons. The van der Waals surface area contributed by atoms with Crippen LogP contribution in [0.5, 0.6) is 0 Å². The van der Waals surface area contributed by atoms with E-state index in [1.807, 2.05) is 0 Å². The van der Waals surface area contributed by atoms with Crippen molar-refractivity contribution in [3.05, 3.63) is 0 Å². The summed E-state index contributed by atoms with van der Waals surface area (Å²) in [7, 11) is 0. The van der Waals surface area contributed by atoms with Crippen LogP contribution in [0, 0.1) is 5.41 Å². The number of hydrogen-bond donors (Lipinski definition) is 0. The van der Waals surface area contributed by atoms with E-state index in [0.717, 1.165) is 0 Å². The molecule has 0 heterocycles. The third-order valence-electron chi connectivity index (χ3n) is 2.87. The second kappa shape index (κ2) is 2.23. The highest BCUT2D eigenvalue weighted by atomic mass is 79.9. The summed E-state index contributed by atoms with van der Waals surface area (Å²) in [5, 5.41) is 0. The molecule has 3 fully saturated rings. The Hall–Kier alpha value is 1.44. The van der Waals surface area contributed by atoms with Crippen LogP contribution < -0.4 is 0 Å². The van der Waals surface area contributed by atoms with Gasteiger partial charge >= 0.3 is 0 Å². The van der Waals surface area contributed by atoms with Crippen molar-refractivity contribution in [2.75, 3.05) is 0 Å². The first kappa shape index (κ1) is 8.06. The zero-order valence-electron chi connectivity index (χ0n) is 5.54. The second-order valence-electron chi connectivity index (χ2n) is 3.67. The van der Waals surface area contributed by atoms with Gasteiger partial charge in [0.2, 0.25) is 0 Å². The van der Waals surface area contributed by atoms with Crippen molar-refractivity contribution in [3.8, 4) is 0 Å². The highest BCUT2D eigenvalue weighted by Crippen LogP contribution is 2.69. The lowest BCUT2D eigenvalue weighted by Crippen LogP contribution is -2.41. The molecule has 0 saturated heterocycles. The van der Waals surface area contributed by atoms with Gasteiger partial charge in [0.05, 0.1) is 3.74 Å². The summed E-state index contributed by atoms with van der Waals surface area (Å²) in [6, 6.07) is 0. The second-order valence-corrected chi connectivity index (χ2v) is 8.41. The predicted molar refractivity (Wildman–Crippen MR) is 54.2 cm³/mol. The Kier molecular flexibility index (Phi) is 1.79. The molecular weight excluding hydrogens is 324 g/mol. The molecule has 3 rings (SSSR count). The summed E-state index contributed by atoms with van der Waals surface area (Å²) in [5.74, 6) is 0. The Morgan fingerprint density at radius 1 is 1.10 bits per heavy atom. The molecular formula is C7H9Br3. The van der Waals surface area contributed by atoms with Crippen LogP contribution >= 0.6 is 47.8 Å². The molecule has 0 aliphatic heterocycles. The molecule has 0 spiro atoms. The largest absolute Gasteiger partial charge is 0.0853 e. The van der Waals surface area contributed by atoms with E-state index in [9.17, 15) is 0 Å². The molecule has 0 aromatic carbocycles. The minimum atomic E-state index is 0.528. The van der Waals surface area contributed by atoms with Crippen molar-refractivity contribution < 1.29 is 0 Å². The van der Waals surface area contributed by atoms with E-state index in [0.29, 0.717) is 13.5 Å². The van der Waals surface area contributed by atoms with Crippen LogP contribution in [0.4, 0.5) is 0 Å². The molecule has 3 heteroatoms. The van der Waals surface area contributed by atoms with Gasteiger partial charge in [0.15, 0.2) is 0 Å². The summed E-state index contributed by atoms with van der Waals surface area (Å²) in [6.45, 7) is 0. The van der Waals surface area contributed by atoms with Gasteiger partial charge in [-0.3, -0.25) is 0 Å². The van der Waals surface area contributed by atoms with E-state index in [2.05, 4.69) is 47.8 Å². The van der Waals surface area contributed by atoms with Crippen LogP contribution in [0.25, 0.3) is 0 Å². The Morgan fingerprint density at radius 2 is 1.70 bits per heavy atom.